The molecule has 1 N–H and O–H groups in total. The van der Waals surface area contributed by atoms with Crippen LogP contribution in [0.3, 0.4) is 0 Å². The number of nitrogens with zero attached hydrogens (tertiary/aromatic N) is 1. The van der Waals surface area contributed by atoms with E-state index in [-0.39, 0.29) is 5.02 Å². The standard InChI is InChI=1S/C21H15BrClF3N2O5/c1-3-33-17-13(22)7-10(8-16(17)32-2)6-12-18(29)27-20(31)28(19(12)30)15-9-11(21(24,25)26)4-5-14(15)23/h4-9H,3H2,1-2H3,(H,27,29,31)/b12-6+. The molecule has 0 atom stereocenters. The Balaban J connectivity index is 2.09. The summed E-state index contributed by atoms with van der Waals surface area (Å²) in [6, 6.07) is 3.98. The molecule has 0 bridgehead atoms. The lowest BCUT2D eigenvalue weighted by Gasteiger charge is -2.27. The van der Waals surface area contributed by atoms with Crippen molar-refractivity contribution in [2.75, 3.05) is 18.6 Å². The first-order chi connectivity index (χ1) is 15.5. The Labute approximate surface area is 199 Å². The van der Waals surface area contributed by atoms with Crippen LogP contribution in [0.15, 0.2) is 40.4 Å². The third-order valence-corrected chi connectivity index (χ3v) is 5.38. The van der Waals surface area contributed by atoms with E-state index in [0.717, 1.165) is 6.07 Å². The molecular formula is C21H15BrClF3N2O5. The van der Waals surface area contributed by atoms with Gasteiger partial charge in [0.05, 0.1) is 34.5 Å². The van der Waals surface area contributed by atoms with Crippen LogP contribution < -0.4 is 19.7 Å². The van der Waals surface area contributed by atoms with E-state index in [1.165, 1.54) is 19.3 Å². The van der Waals surface area contributed by atoms with Crippen molar-refractivity contribution < 1.29 is 37.0 Å². The number of alkyl halides is 3. The summed E-state index contributed by atoms with van der Waals surface area (Å²) in [7, 11) is 1.40. The van der Waals surface area contributed by atoms with Gasteiger partial charge in [-0.05, 0) is 64.8 Å². The van der Waals surface area contributed by atoms with E-state index in [9.17, 15) is 27.6 Å². The molecule has 1 fully saturated rings. The Hall–Kier alpha value is -3.05. The molecule has 2 aromatic rings. The minimum atomic E-state index is -4.74. The van der Waals surface area contributed by atoms with Crippen LogP contribution >= 0.6 is 27.5 Å². The predicted octanol–water partition coefficient (Wildman–Crippen LogP) is 5.20. The second-order valence-electron chi connectivity index (χ2n) is 6.59. The van der Waals surface area contributed by atoms with Crippen LogP contribution in [0.1, 0.15) is 18.1 Å². The topological polar surface area (TPSA) is 84.9 Å². The molecule has 7 nitrogen and oxygen atoms in total. The number of anilines is 1. The van der Waals surface area contributed by atoms with Crippen molar-refractivity contribution in [3.63, 3.8) is 0 Å². The molecule has 1 saturated heterocycles. The molecule has 33 heavy (non-hydrogen) atoms. The average molecular weight is 548 g/mol. The van der Waals surface area contributed by atoms with Crippen LogP contribution in [0.2, 0.25) is 5.02 Å². The van der Waals surface area contributed by atoms with Gasteiger partial charge in [-0.3, -0.25) is 14.9 Å². The minimum absolute atomic E-state index is 0.286. The van der Waals surface area contributed by atoms with Gasteiger partial charge >= 0.3 is 12.2 Å². The number of rotatable bonds is 5. The van der Waals surface area contributed by atoms with Crippen molar-refractivity contribution in [3.8, 4) is 11.5 Å². The van der Waals surface area contributed by atoms with Gasteiger partial charge in [0.25, 0.3) is 11.8 Å². The number of imide groups is 2. The van der Waals surface area contributed by atoms with Crippen LogP contribution in [-0.4, -0.2) is 31.6 Å². The number of urea groups is 1. The van der Waals surface area contributed by atoms with Gasteiger partial charge in [-0.25, -0.2) is 9.69 Å². The number of carbonyl (C=O) groups is 3. The summed E-state index contributed by atoms with van der Waals surface area (Å²) in [4.78, 5) is 38.2. The molecule has 0 unspecified atom stereocenters. The summed E-state index contributed by atoms with van der Waals surface area (Å²) >= 11 is 9.30. The number of amides is 4. The number of hydrogen-bond donors (Lipinski definition) is 1. The first-order valence-electron chi connectivity index (χ1n) is 9.26. The molecule has 0 aliphatic carbocycles. The summed E-state index contributed by atoms with van der Waals surface area (Å²) in [6.45, 7) is 2.13. The summed E-state index contributed by atoms with van der Waals surface area (Å²) in [6.07, 6.45) is -3.57. The molecule has 1 aliphatic heterocycles. The summed E-state index contributed by atoms with van der Waals surface area (Å²) < 4.78 is 50.7. The average Bonchev–Trinajstić information content (AvgIpc) is 2.73. The zero-order chi connectivity index (χ0) is 24.5. The number of halogens is 5. The smallest absolute Gasteiger partial charge is 0.416 e. The lowest BCUT2D eigenvalue weighted by atomic mass is 10.1. The van der Waals surface area contributed by atoms with Gasteiger partial charge < -0.3 is 9.47 Å². The van der Waals surface area contributed by atoms with Gasteiger partial charge in [0.15, 0.2) is 11.5 Å². The quantitative estimate of drug-likeness (QED) is 0.411. The minimum Gasteiger partial charge on any atom is -0.493 e. The molecule has 1 heterocycles. The van der Waals surface area contributed by atoms with Gasteiger partial charge in [0.2, 0.25) is 0 Å². The Morgan fingerprint density at radius 1 is 1.18 bits per heavy atom. The fourth-order valence-corrected chi connectivity index (χ4v) is 3.79. The number of benzene rings is 2. The highest BCUT2D eigenvalue weighted by Crippen LogP contribution is 2.39. The fourth-order valence-electron chi connectivity index (χ4n) is 3.01. The third kappa shape index (κ3) is 4.98. The van der Waals surface area contributed by atoms with Crippen molar-refractivity contribution in [1.29, 1.82) is 0 Å². The van der Waals surface area contributed by atoms with Crippen molar-refractivity contribution in [2.24, 2.45) is 0 Å². The van der Waals surface area contributed by atoms with Gasteiger partial charge in [0, 0.05) is 0 Å². The SMILES string of the molecule is CCOc1c(Br)cc(/C=C2\C(=O)NC(=O)N(c3cc(C(F)(F)F)ccc3Cl)C2=O)cc1OC. The van der Waals surface area contributed by atoms with Crippen molar-refractivity contribution in [2.45, 2.75) is 13.1 Å². The summed E-state index contributed by atoms with van der Waals surface area (Å²) in [5, 5.41) is 1.65. The molecule has 1 aliphatic rings. The molecule has 174 valence electrons. The highest BCUT2D eigenvalue weighted by atomic mass is 79.9. The van der Waals surface area contributed by atoms with Crippen LogP contribution in [0.4, 0.5) is 23.7 Å². The highest BCUT2D eigenvalue weighted by Gasteiger charge is 2.39. The van der Waals surface area contributed by atoms with Crippen molar-refractivity contribution in [3.05, 3.63) is 56.5 Å². The third-order valence-electron chi connectivity index (χ3n) is 4.47. The number of methoxy groups -OCH3 is 1. The lowest BCUT2D eigenvalue weighted by molar-refractivity contribution is -0.137. The highest BCUT2D eigenvalue weighted by molar-refractivity contribution is 9.10. The first-order valence-corrected chi connectivity index (χ1v) is 10.4. The molecule has 0 aromatic heterocycles. The Bertz CT molecular complexity index is 1180. The maximum atomic E-state index is 13.1. The number of nitrogens with one attached hydrogen (secondary N) is 1. The molecule has 3 rings (SSSR count). The predicted molar refractivity (Wildman–Crippen MR) is 117 cm³/mol. The van der Waals surface area contributed by atoms with E-state index < -0.39 is 40.8 Å². The number of ether oxygens (including phenoxy) is 2. The van der Waals surface area contributed by atoms with E-state index in [2.05, 4.69) is 15.9 Å². The van der Waals surface area contributed by atoms with Crippen molar-refractivity contribution in [1.82, 2.24) is 5.32 Å². The van der Waals surface area contributed by atoms with Gasteiger partial charge in [0.1, 0.15) is 5.57 Å². The normalized spacial score (nSPS) is 15.7. The zero-order valence-electron chi connectivity index (χ0n) is 17.0. The molecule has 0 radical (unpaired) electrons. The van der Waals surface area contributed by atoms with Gasteiger partial charge in [-0.2, -0.15) is 13.2 Å². The Morgan fingerprint density at radius 3 is 2.48 bits per heavy atom. The van der Waals surface area contributed by atoms with Crippen LogP contribution in [0, 0.1) is 0 Å². The second kappa shape index (κ2) is 9.44. The fraction of sp³-hybridized carbons (Fsp3) is 0.190. The van der Waals surface area contributed by atoms with Crippen molar-refractivity contribution >= 4 is 57.1 Å². The maximum absolute atomic E-state index is 13.1. The Morgan fingerprint density at radius 2 is 1.88 bits per heavy atom. The molecule has 4 amide bonds. The van der Waals surface area contributed by atoms with E-state index in [1.807, 2.05) is 5.32 Å². The summed E-state index contributed by atoms with van der Waals surface area (Å²) in [5.74, 6) is -1.47. The summed E-state index contributed by atoms with van der Waals surface area (Å²) in [5.41, 5.74) is -1.81. The van der Waals surface area contributed by atoms with E-state index >= 15 is 0 Å². The lowest BCUT2D eigenvalue weighted by Crippen LogP contribution is -2.54. The van der Waals surface area contributed by atoms with E-state index in [1.54, 1.807) is 13.0 Å². The molecular weight excluding hydrogens is 533 g/mol. The van der Waals surface area contributed by atoms with Crippen LogP contribution in [0.5, 0.6) is 11.5 Å². The second-order valence-corrected chi connectivity index (χ2v) is 7.85. The zero-order valence-corrected chi connectivity index (χ0v) is 19.4. The number of barbiturate groups is 1. The van der Waals surface area contributed by atoms with Crippen LogP contribution in [0.25, 0.3) is 6.08 Å². The monoisotopic (exact) mass is 546 g/mol. The molecule has 0 spiro atoms. The van der Waals surface area contributed by atoms with E-state index in [0.29, 0.717) is 45.2 Å². The molecule has 2 aromatic carbocycles. The largest absolute Gasteiger partial charge is 0.493 e. The van der Waals surface area contributed by atoms with Crippen LogP contribution in [-0.2, 0) is 15.8 Å². The van der Waals surface area contributed by atoms with Gasteiger partial charge in [-0.1, -0.05) is 11.6 Å². The number of carbonyl (C=O) groups excluding carboxylic acids is 3. The number of hydrogen-bond acceptors (Lipinski definition) is 5. The molecule has 12 heteroatoms. The maximum Gasteiger partial charge on any atom is 0.416 e. The molecule has 0 saturated carbocycles. The van der Waals surface area contributed by atoms with E-state index in [4.69, 9.17) is 21.1 Å². The first kappa shape index (κ1) is 24.6. The van der Waals surface area contributed by atoms with Gasteiger partial charge in [-0.15, -0.1) is 0 Å². The Kier molecular flexibility index (Phi) is 7.03.